The molecule has 0 heterocycles. The Morgan fingerprint density at radius 3 is 2.47 bits per heavy atom. The summed E-state index contributed by atoms with van der Waals surface area (Å²) >= 11 is 13.3. The Kier molecular flexibility index (Phi) is 5.82. The first kappa shape index (κ1) is 14.4. The second-order valence-electron chi connectivity index (χ2n) is 3.09. The van der Waals surface area contributed by atoms with E-state index in [-0.39, 0.29) is 5.91 Å². The molecule has 0 bridgehead atoms. The summed E-state index contributed by atoms with van der Waals surface area (Å²) in [6.07, 6.45) is 2.22. The quantitative estimate of drug-likeness (QED) is 0.664. The lowest BCUT2D eigenvalue weighted by Gasteiger charge is -2.06. The third kappa shape index (κ3) is 4.22. The number of nitrogens with one attached hydrogen (secondary N) is 1. The summed E-state index contributed by atoms with van der Waals surface area (Å²) < 4.78 is 0. The molecule has 0 saturated heterocycles. The lowest BCUT2D eigenvalue weighted by Crippen LogP contribution is -2.27. The third-order valence-electron chi connectivity index (χ3n) is 1.91. The molecule has 0 atom stereocenters. The monoisotopic (exact) mass is 290 g/mol. The minimum Gasteiger partial charge on any atom is -0.305 e. The van der Waals surface area contributed by atoms with Crippen molar-refractivity contribution in [3.8, 4) is 0 Å². The Labute approximate surface area is 115 Å². The van der Waals surface area contributed by atoms with E-state index in [9.17, 15) is 4.79 Å². The predicted molar refractivity (Wildman–Crippen MR) is 75.5 cm³/mol. The fourth-order valence-corrected chi connectivity index (χ4v) is 1.91. The maximum atomic E-state index is 11.3. The third-order valence-corrected chi connectivity index (χ3v) is 3.10. The molecule has 1 aromatic rings. The molecular formula is C11H12Cl2N2OS. The van der Waals surface area contributed by atoms with Crippen LogP contribution in [0.3, 0.4) is 0 Å². The second kappa shape index (κ2) is 6.89. The lowest BCUT2D eigenvalue weighted by molar-refractivity contribution is -0.119. The van der Waals surface area contributed by atoms with Crippen molar-refractivity contribution in [2.45, 2.75) is 13.3 Å². The van der Waals surface area contributed by atoms with Crippen LogP contribution in [0.5, 0.6) is 0 Å². The predicted octanol–water partition coefficient (Wildman–Crippen LogP) is 3.87. The van der Waals surface area contributed by atoms with Crippen molar-refractivity contribution in [1.82, 2.24) is 5.32 Å². The normalized spacial score (nSPS) is 11.4. The summed E-state index contributed by atoms with van der Waals surface area (Å²) in [5, 5.41) is 4.06. The molecule has 0 aliphatic heterocycles. The molecule has 0 fully saturated rings. The van der Waals surface area contributed by atoms with E-state index >= 15 is 0 Å². The number of carbonyl (C=O) groups excluding carboxylic acids is 1. The Hall–Kier alpha value is -0.710. The van der Waals surface area contributed by atoms with Gasteiger partial charge in [-0.15, -0.1) is 0 Å². The van der Waals surface area contributed by atoms with Gasteiger partial charge in [-0.05, 0) is 18.4 Å². The van der Waals surface area contributed by atoms with E-state index in [4.69, 9.17) is 23.2 Å². The van der Waals surface area contributed by atoms with Gasteiger partial charge in [0.2, 0.25) is 5.91 Å². The molecule has 1 N–H and O–H groups in total. The number of amides is 1. The number of benzene rings is 1. The van der Waals surface area contributed by atoms with Crippen LogP contribution in [0.2, 0.25) is 10.0 Å². The highest BCUT2D eigenvalue weighted by Gasteiger charge is 2.07. The Bertz CT molecular complexity index is 429. The summed E-state index contributed by atoms with van der Waals surface area (Å²) in [5.74, 6) is -0.0960. The summed E-state index contributed by atoms with van der Waals surface area (Å²) in [6, 6.07) is 5.14. The molecule has 3 nitrogen and oxygen atoms in total. The number of para-hydroxylation sites is 1. The molecule has 0 aliphatic carbocycles. The first-order valence-corrected chi connectivity index (χ1v) is 6.93. The summed E-state index contributed by atoms with van der Waals surface area (Å²) in [4.78, 5) is 15.5. The molecule has 92 valence electrons. The average molecular weight is 291 g/mol. The van der Waals surface area contributed by atoms with Crippen molar-refractivity contribution < 1.29 is 4.79 Å². The smallest absolute Gasteiger partial charge is 0.225 e. The van der Waals surface area contributed by atoms with E-state index in [1.54, 1.807) is 25.1 Å². The topological polar surface area (TPSA) is 41.5 Å². The average Bonchev–Trinajstić information content (AvgIpc) is 2.32. The maximum absolute atomic E-state index is 11.3. The van der Waals surface area contributed by atoms with Gasteiger partial charge in [-0.2, -0.15) is 0 Å². The molecule has 0 aliphatic rings. The SMILES string of the molecule is CCC(=O)NC(=Nc1c(Cl)cccc1Cl)SC. The van der Waals surface area contributed by atoms with Gasteiger partial charge in [-0.1, -0.05) is 48.0 Å². The highest BCUT2D eigenvalue weighted by molar-refractivity contribution is 8.13. The second-order valence-corrected chi connectivity index (χ2v) is 4.70. The highest BCUT2D eigenvalue weighted by Crippen LogP contribution is 2.33. The van der Waals surface area contributed by atoms with Gasteiger partial charge in [0.15, 0.2) is 5.17 Å². The van der Waals surface area contributed by atoms with Crippen LogP contribution in [-0.4, -0.2) is 17.3 Å². The van der Waals surface area contributed by atoms with Crippen LogP contribution >= 0.6 is 35.0 Å². The van der Waals surface area contributed by atoms with Gasteiger partial charge in [0.25, 0.3) is 0 Å². The largest absolute Gasteiger partial charge is 0.305 e. The van der Waals surface area contributed by atoms with E-state index in [1.807, 2.05) is 6.26 Å². The van der Waals surface area contributed by atoms with Crippen LogP contribution in [0.25, 0.3) is 0 Å². The molecule has 6 heteroatoms. The van der Waals surface area contributed by atoms with E-state index < -0.39 is 0 Å². The minimum absolute atomic E-state index is 0.0960. The van der Waals surface area contributed by atoms with E-state index in [1.165, 1.54) is 11.8 Å². The first-order chi connectivity index (χ1) is 8.08. The lowest BCUT2D eigenvalue weighted by atomic mass is 10.3. The molecule has 17 heavy (non-hydrogen) atoms. The van der Waals surface area contributed by atoms with Crippen molar-refractivity contribution in [2.24, 2.45) is 4.99 Å². The van der Waals surface area contributed by atoms with Crippen molar-refractivity contribution in [3.63, 3.8) is 0 Å². The van der Waals surface area contributed by atoms with Crippen LogP contribution in [0.4, 0.5) is 5.69 Å². The number of halogens is 2. The fraction of sp³-hybridized carbons (Fsp3) is 0.273. The van der Waals surface area contributed by atoms with Gasteiger partial charge >= 0.3 is 0 Å². The van der Waals surface area contributed by atoms with Gasteiger partial charge in [0, 0.05) is 6.42 Å². The number of rotatable bonds is 2. The van der Waals surface area contributed by atoms with Crippen LogP contribution < -0.4 is 5.32 Å². The van der Waals surface area contributed by atoms with E-state index in [2.05, 4.69) is 10.3 Å². The van der Waals surface area contributed by atoms with Crippen molar-refractivity contribution >= 4 is 51.7 Å². The van der Waals surface area contributed by atoms with Crippen molar-refractivity contribution in [2.75, 3.05) is 6.26 Å². The summed E-state index contributed by atoms with van der Waals surface area (Å²) in [7, 11) is 0. The number of hydrogen-bond donors (Lipinski definition) is 1. The van der Waals surface area contributed by atoms with Gasteiger partial charge < -0.3 is 5.32 Å². The molecule has 1 amide bonds. The summed E-state index contributed by atoms with van der Waals surface area (Å²) in [5.41, 5.74) is 0.469. The van der Waals surface area contributed by atoms with Gasteiger partial charge in [0.05, 0.1) is 10.0 Å². The molecule has 0 saturated carbocycles. The first-order valence-electron chi connectivity index (χ1n) is 4.95. The van der Waals surface area contributed by atoms with E-state index in [0.29, 0.717) is 27.3 Å². The van der Waals surface area contributed by atoms with Gasteiger partial charge in [-0.3, -0.25) is 4.79 Å². The zero-order chi connectivity index (χ0) is 12.8. The molecule has 1 rings (SSSR count). The maximum Gasteiger partial charge on any atom is 0.225 e. The standard InChI is InChI=1S/C11H12Cl2N2OS/c1-3-9(16)14-11(17-2)15-10-7(12)5-4-6-8(10)13/h4-6H,3H2,1-2H3,(H,14,15,16). The molecule has 0 unspecified atom stereocenters. The van der Waals surface area contributed by atoms with Gasteiger partial charge in [0.1, 0.15) is 5.69 Å². The fourth-order valence-electron chi connectivity index (χ4n) is 1.03. The van der Waals surface area contributed by atoms with Crippen LogP contribution in [0.15, 0.2) is 23.2 Å². The zero-order valence-corrected chi connectivity index (χ0v) is 11.8. The van der Waals surface area contributed by atoms with E-state index in [0.717, 1.165) is 0 Å². The van der Waals surface area contributed by atoms with Crippen LogP contribution in [0, 0.1) is 0 Å². The van der Waals surface area contributed by atoms with Crippen LogP contribution in [-0.2, 0) is 4.79 Å². The van der Waals surface area contributed by atoms with Crippen LogP contribution in [0.1, 0.15) is 13.3 Å². The minimum atomic E-state index is -0.0960. The molecule has 0 aromatic heterocycles. The van der Waals surface area contributed by atoms with Gasteiger partial charge in [-0.25, -0.2) is 4.99 Å². The number of amidine groups is 1. The molecular weight excluding hydrogens is 279 g/mol. The Morgan fingerprint density at radius 2 is 2.00 bits per heavy atom. The molecule has 0 spiro atoms. The van der Waals surface area contributed by atoms with Crippen molar-refractivity contribution in [1.29, 1.82) is 0 Å². The Balaban J connectivity index is 3.02. The molecule has 0 radical (unpaired) electrons. The summed E-state index contributed by atoms with van der Waals surface area (Å²) in [6.45, 7) is 1.77. The van der Waals surface area contributed by atoms with Crippen molar-refractivity contribution in [3.05, 3.63) is 28.2 Å². The number of carbonyl (C=O) groups is 1. The Morgan fingerprint density at radius 1 is 1.41 bits per heavy atom. The number of thioether (sulfide) groups is 1. The molecule has 1 aromatic carbocycles. The highest BCUT2D eigenvalue weighted by atomic mass is 35.5. The number of hydrogen-bond acceptors (Lipinski definition) is 3. The number of aliphatic imine (C=N–C) groups is 1. The number of nitrogens with zero attached hydrogens (tertiary/aromatic N) is 1. The zero-order valence-electron chi connectivity index (χ0n) is 9.46.